The van der Waals surface area contributed by atoms with E-state index >= 15 is 0 Å². The normalized spacial score (nSPS) is 16.8. The first-order chi connectivity index (χ1) is 10.3. The molecule has 1 aliphatic rings. The van der Waals surface area contributed by atoms with E-state index in [1.54, 1.807) is 0 Å². The van der Waals surface area contributed by atoms with Gasteiger partial charge in [0.05, 0.1) is 4.90 Å². The number of nitrogens with two attached hydrogens (primary N) is 1. The summed E-state index contributed by atoms with van der Waals surface area (Å²) in [5.41, 5.74) is 5.43. The lowest BCUT2D eigenvalue weighted by Crippen LogP contribution is -2.40. The number of rotatable bonds is 5. The van der Waals surface area contributed by atoms with E-state index in [1.165, 1.54) is 22.5 Å². The van der Waals surface area contributed by atoms with E-state index in [0.717, 1.165) is 19.4 Å². The second kappa shape index (κ2) is 8.43. The third-order valence-corrected chi connectivity index (χ3v) is 6.19. The largest absolute Gasteiger partial charge is 0.366 e. The molecule has 1 aromatic carbocycles. The summed E-state index contributed by atoms with van der Waals surface area (Å²) in [6, 6.07) is 4.35. The van der Waals surface area contributed by atoms with Crippen molar-refractivity contribution in [3.8, 4) is 0 Å². The second-order valence-corrected chi connectivity index (χ2v) is 8.30. The Bertz CT molecular complexity index is 661. The third kappa shape index (κ3) is 4.90. The van der Waals surface area contributed by atoms with Gasteiger partial charge in [-0.15, -0.1) is 12.4 Å². The van der Waals surface area contributed by atoms with Crippen LogP contribution in [-0.4, -0.2) is 45.3 Å². The second-order valence-electron chi connectivity index (χ2n) is 5.44. The van der Waals surface area contributed by atoms with Gasteiger partial charge in [-0.3, -0.25) is 4.79 Å². The quantitative estimate of drug-likeness (QED) is 0.748. The van der Waals surface area contributed by atoms with Crippen LogP contribution in [0.25, 0.3) is 0 Å². The van der Waals surface area contributed by atoms with Crippen LogP contribution in [0.1, 0.15) is 23.2 Å². The number of piperidine rings is 1. The smallest absolute Gasteiger partial charge is 0.248 e. The summed E-state index contributed by atoms with van der Waals surface area (Å²) in [6.45, 7) is 1.89. The Morgan fingerprint density at radius 3 is 2.48 bits per heavy atom. The Morgan fingerprint density at radius 1 is 1.35 bits per heavy atom. The molecule has 0 aromatic heterocycles. The first-order valence-electron chi connectivity index (χ1n) is 7.09. The van der Waals surface area contributed by atoms with Crippen molar-refractivity contribution in [2.75, 3.05) is 26.7 Å². The predicted octanol–water partition coefficient (Wildman–Crippen LogP) is 1.59. The fraction of sp³-hybridized carbons (Fsp3) is 0.500. The third-order valence-electron chi connectivity index (χ3n) is 3.86. The minimum Gasteiger partial charge on any atom is -0.366 e. The molecular weight excluding hydrogens is 406 g/mol. The summed E-state index contributed by atoms with van der Waals surface area (Å²) < 4.78 is 27.4. The average Bonchev–Trinajstić information content (AvgIpc) is 2.47. The molecule has 0 aliphatic carbocycles. The predicted molar refractivity (Wildman–Crippen MR) is 95.3 cm³/mol. The van der Waals surface area contributed by atoms with Crippen molar-refractivity contribution in [3.63, 3.8) is 0 Å². The number of hydrogen-bond acceptors (Lipinski definition) is 4. The Balaban J connectivity index is 0.00000264. The number of carbonyl (C=O) groups excluding carboxylic acids is 1. The van der Waals surface area contributed by atoms with E-state index in [1.807, 2.05) is 7.05 Å². The van der Waals surface area contributed by atoms with E-state index in [0.29, 0.717) is 23.5 Å². The van der Waals surface area contributed by atoms with Crippen LogP contribution in [0.15, 0.2) is 27.6 Å². The zero-order valence-corrected chi connectivity index (χ0v) is 16.0. The van der Waals surface area contributed by atoms with Gasteiger partial charge in [0.2, 0.25) is 15.9 Å². The summed E-state index contributed by atoms with van der Waals surface area (Å²) in [6.07, 6.45) is 1.66. The van der Waals surface area contributed by atoms with Crippen molar-refractivity contribution in [2.45, 2.75) is 17.7 Å². The Morgan fingerprint density at radius 2 is 1.96 bits per heavy atom. The number of carbonyl (C=O) groups is 1. The summed E-state index contributed by atoms with van der Waals surface area (Å²) in [5.74, 6) is -0.148. The fourth-order valence-corrected chi connectivity index (χ4v) is 4.83. The van der Waals surface area contributed by atoms with Gasteiger partial charge in [0.25, 0.3) is 0 Å². The van der Waals surface area contributed by atoms with Gasteiger partial charge in [0.1, 0.15) is 0 Å². The van der Waals surface area contributed by atoms with Gasteiger partial charge in [-0.1, -0.05) is 15.9 Å². The minimum absolute atomic E-state index is 0. The molecule has 0 unspecified atom stereocenters. The van der Waals surface area contributed by atoms with E-state index in [-0.39, 0.29) is 22.9 Å². The average molecular weight is 427 g/mol. The van der Waals surface area contributed by atoms with E-state index in [9.17, 15) is 13.2 Å². The highest BCUT2D eigenvalue weighted by Gasteiger charge is 2.29. The Kier molecular flexibility index (Phi) is 7.47. The zero-order valence-electron chi connectivity index (χ0n) is 12.8. The molecule has 0 saturated carbocycles. The lowest BCUT2D eigenvalue weighted by Gasteiger charge is -2.31. The highest BCUT2D eigenvalue weighted by atomic mass is 79.9. The van der Waals surface area contributed by atoms with E-state index in [4.69, 9.17) is 5.73 Å². The first kappa shape index (κ1) is 20.4. The maximum Gasteiger partial charge on any atom is 0.248 e. The number of nitrogens with zero attached hydrogens (tertiary/aromatic N) is 1. The summed E-state index contributed by atoms with van der Waals surface area (Å²) >= 11 is 3.23. The molecule has 2 rings (SSSR count). The SMILES string of the molecule is CNCC1CCN(S(=O)(=O)c2cc(Br)cc(C(N)=O)c2)CC1.Cl. The monoisotopic (exact) mass is 425 g/mol. The van der Waals surface area contributed by atoms with Gasteiger partial charge in [-0.2, -0.15) is 4.31 Å². The number of amides is 1. The molecule has 9 heteroatoms. The fourth-order valence-electron chi connectivity index (χ4n) is 2.65. The van der Waals surface area contributed by atoms with Gasteiger partial charge < -0.3 is 11.1 Å². The van der Waals surface area contributed by atoms with Crippen LogP contribution in [0.5, 0.6) is 0 Å². The topological polar surface area (TPSA) is 92.5 Å². The van der Waals surface area contributed by atoms with E-state index < -0.39 is 15.9 Å². The summed E-state index contributed by atoms with van der Waals surface area (Å²) in [4.78, 5) is 11.4. The van der Waals surface area contributed by atoms with Crippen LogP contribution in [-0.2, 0) is 10.0 Å². The molecule has 1 aliphatic heterocycles. The van der Waals surface area contributed by atoms with Crippen molar-refractivity contribution < 1.29 is 13.2 Å². The Labute approximate surface area is 151 Å². The maximum absolute atomic E-state index is 12.7. The van der Waals surface area contributed by atoms with Crippen molar-refractivity contribution >= 4 is 44.3 Å². The molecule has 0 radical (unpaired) electrons. The zero-order chi connectivity index (χ0) is 16.3. The highest BCUT2D eigenvalue weighted by molar-refractivity contribution is 9.10. The van der Waals surface area contributed by atoms with E-state index in [2.05, 4.69) is 21.2 Å². The van der Waals surface area contributed by atoms with Gasteiger partial charge in [0.15, 0.2) is 0 Å². The molecule has 3 N–H and O–H groups in total. The van der Waals surface area contributed by atoms with Crippen molar-refractivity contribution in [2.24, 2.45) is 11.7 Å². The number of nitrogens with one attached hydrogen (secondary N) is 1. The van der Waals surface area contributed by atoms with Crippen LogP contribution in [0.4, 0.5) is 0 Å². The van der Waals surface area contributed by atoms with Crippen LogP contribution < -0.4 is 11.1 Å². The molecule has 1 amide bonds. The maximum atomic E-state index is 12.7. The highest BCUT2D eigenvalue weighted by Crippen LogP contribution is 2.26. The van der Waals surface area contributed by atoms with Gasteiger partial charge in [-0.25, -0.2) is 8.42 Å². The molecule has 0 atom stereocenters. The van der Waals surface area contributed by atoms with Crippen molar-refractivity contribution in [3.05, 3.63) is 28.2 Å². The summed E-state index contributed by atoms with van der Waals surface area (Å²) in [7, 11) is -1.70. The molecule has 1 fully saturated rings. The van der Waals surface area contributed by atoms with Gasteiger partial charge in [0, 0.05) is 23.1 Å². The molecule has 0 spiro atoms. The lowest BCUT2D eigenvalue weighted by atomic mass is 9.98. The molecule has 1 aromatic rings. The number of benzene rings is 1. The molecule has 1 saturated heterocycles. The standard InChI is InChI=1S/C14H20BrN3O3S.ClH/c1-17-9-10-2-4-18(5-3-10)22(20,21)13-7-11(14(16)19)6-12(15)8-13;/h6-8,10,17H,2-5,9H2,1H3,(H2,16,19);1H. The molecule has 0 bridgehead atoms. The minimum atomic E-state index is -3.60. The van der Waals surface area contributed by atoms with Crippen molar-refractivity contribution in [1.82, 2.24) is 9.62 Å². The number of halogens is 2. The number of sulfonamides is 1. The molecule has 6 nitrogen and oxygen atoms in total. The van der Waals surface area contributed by atoms with Gasteiger partial charge in [-0.05, 0) is 50.6 Å². The van der Waals surface area contributed by atoms with Crippen molar-refractivity contribution in [1.29, 1.82) is 0 Å². The molecule has 130 valence electrons. The van der Waals surface area contributed by atoms with Crippen LogP contribution >= 0.6 is 28.3 Å². The number of primary amides is 1. The Hall–Kier alpha value is -0.670. The first-order valence-corrected chi connectivity index (χ1v) is 9.33. The summed E-state index contributed by atoms with van der Waals surface area (Å²) in [5, 5.41) is 3.12. The van der Waals surface area contributed by atoms with Crippen LogP contribution in [0, 0.1) is 5.92 Å². The molecular formula is C14H21BrClN3O3S. The lowest BCUT2D eigenvalue weighted by molar-refractivity contribution is 0.1000. The van der Waals surface area contributed by atoms with Gasteiger partial charge >= 0.3 is 0 Å². The van der Waals surface area contributed by atoms with Crippen LogP contribution in [0.3, 0.4) is 0 Å². The van der Waals surface area contributed by atoms with Crippen LogP contribution in [0.2, 0.25) is 0 Å². The molecule has 23 heavy (non-hydrogen) atoms. The molecule has 1 heterocycles. The number of hydrogen-bond donors (Lipinski definition) is 2.